The van der Waals surface area contributed by atoms with Gasteiger partial charge in [-0.3, -0.25) is 29.5 Å². The maximum Gasteiger partial charge on any atom is 0.294 e. The monoisotopic (exact) mass is 723 g/mol. The van der Waals surface area contributed by atoms with Crippen LogP contribution in [-0.4, -0.2) is 37.8 Å². The lowest BCUT2D eigenvalue weighted by atomic mass is 9.76. The molecule has 266 valence electrons. The van der Waals surface area contributed by atoms with Crippen molar-refractivity contribution in [1.82, 2.24) is 5.43 Å². The van der Waals surface area contributed by atoms with Gasteiger partial charge in [-0.2, -0.15) is 16.8 Å². The molecular weight excluding hydrogens is 683 g/mol. The molecular formula is C36H41N3O9S2. The van der Waals surface area contributed by atoms with E-state index >= 15 is 0 Å². The predicted molar refractivity (Wildman–Crippen MR) is 191 cm³/mol. The fourth-order valence-electron chi connectivity index (χ4n) is 4.88. The SMILES string of the molecule is CCC(C)(C)c1ccc(Oc2ccc(NC(=O)c3cc(S(=O)(=O)O)cc(S(=O)(=O)O)c3)cc2C(=O)NNc2ccccc2)c(C(C)(C)CC)c1. The minimum Gasteiger partial charge on any atom is -0.456 e. The number of hydrogen-bond acceptors (Lipinski definition) is 8. The number of para-hydroxylation sites is 1. The summed E-state index contributed by atoms with van der Waals surface area (Å²) in [5.74, 6) is -0.923. The minimum absolute atomic E-state index is 0.00904. The van der Waals surface area contributed by atoms with Crippen molar-refractivity contribution in [2.75, 3.05) is 10.7 Å². The molecule has 0 spiro atoms. The summed E-state index contributed by atoms with van der Waals surface area (Å²) in [4.78, 5) is 25.1. The molecule has 5 N–H and O–H groups in total. The highest BCUT2D eigenvalue weighted by Gasteiger charge is 2.28. The number of rotatable bonds is 13. The molecule has 0 radical (unpaired) electrons. The van der Waals surface area contributed by atoms with E-state index in [1.54, 1.807) is 24.3 Å². The number of nitrogens with one attached hydrogen (secondary N) is 3. The number of benzene rings is 4. The second-order valence-electron chi connectivity index (χ2n) is 13.0. The fraction of sp³-hybridized carbons (Fsp3) is 0.278. The molecule has 0 aliphatic carbocycles. The largest absolute Gasteiger partial charge is 0.456 e. The summed E-state index contributed by atoms with van der Waals surface area (Å²) >= 11 is 0. The second kappa shape index (κ2) is 14.6. The van der Waals surface area contributed by atoms with E-state index < -0.39 is 47.4 Å². The summed E-state index contributed by atoms with van der Waals surface area (Å²) in [5.41, 5.74) is 7.32. The molecule has 0 bridgehead atoms. The van der Waals surface area contributed by atoms with Crippen molar-refractivity contribution >= 4 is 43.4 Å². The molecule has 14 heteroatoms. The lowest BCUT2D eigenvalue weighted by Crippen LogP contribution is -2.29. The van der Waals surface area contributed by atoms with E-state index in [0.717, 1.165) is 36.1 Å². The zero-order valence-corrected chi connectivity index (χ0v) is 30.2. The highest BCUT2D eigenvalue weighted by molar-refractivity contribution is 7.86. The van der Waals surface area contributed by atoms with Gasteiger partial charge < -0.3 is 10.1 Å². The van der Waals surface area contributed by atoms with Crippen LogP contribution in [0.15, 0.2) is 94.7 Å². The minimum atomic E-state index is -4.96. The Kier molecular flexibility index (Phi) is 11.1. The third-order valence-electron chi connectivity index (χ3n) is 8.79. The fourth-order valence-corrected chi connectivity index (χ4v) is 6.06. The van der Waals surface area contributed by atoms with Crippen molar-refractivity contribution in [1.29, 1.82) is 0 Å². The van der Waals surface area contributed by atoms with Crippen molar-refractivity contribution in [2.45, 2.75) is 75.0 Å². The molecule has 4 aromatic rings. The highest BCUT2D eigenvalue weighted by atomic mass is 32.2. The average molecular weight is 724 g/mol. The van der Waals surface area contributed by atoms with Crippen LogP contribution < -0.4 is 20.9 Å². The first-order valence-electron chi connectivity index (χ1n) is 15.7. The first-order valence-corrected chi connectivity index (χ1v) is 18.6. The quantitative estimate of drug-likeness (QED) is 0.0689. The maximum atomic E-state index is 13.7. The Hall–Kier alpha value is -4.76. The Morgan fingerprint density at radius 3 is 1.82 bits per heavy atom. The number of hydrazine groups is 1. The van der Waals surface area contributed by atoms with Crippen molar-refractivity contribution < 1.29 is 40.3 Å². The van der Waals surface area contributed by atoms with Gasteiger partial charge in [-0.25, -0.2) is 0 Å². The first kappa shape index (κ1) is 38.0. The lowest BCUT2D eigenvalue weighted by molar-refractivity contribution is 0.0958. The summed E-state index contributed by atoms with van der Waals surface area (Å²) in [5, 5.41) is 2.50. The Labute approximate surface area is 292 Å². The van der Waals surface area contributed by atoms with Gasteiger partial charge in [0.25, 0.3) is 32.1 Å². The van der Waals surface area contributed by atoms with Crippen LogP contribution in [0, 0.1) is 0 Å². The van der Waals surface area contributed by atoms with E-state index in [1.807, 2.05) is 18.2 Å². The van der Waals surface area contributed by atoms with Gasteiger partial charge in [0.2, 0.25) is 0 Å². The van der Waals surface area contributed by atoms with Gasteiger partial charge in [0.1, 0.15) is 11.5 Å². The maximum absolute atomic E-state index is 13.7. The van der Waals surface area contributed by atoms with E-state index in [4.69, 9.17) is 4.74 Å². The lowest BCUT2D eigenvalue weighted by Gasteiger charge is -2.30. The van der Waals surface area contributed by atoms with Crippen LogP contribution in [0.4, 0.5) is 11.4 Å². The van der Waals surface area contributed by atoms with E-state index in [1.165, 1.54) is 18.2 Å². The predicted octanol–water partition coefficient (Wildman–Crippen LogP) is 7.36. The zero-order chi connectivity index (χ0) is 37.1. The number of ether oxygens (including phenoxy) is 1. The molecule has 4 rings (SSSR count). The highest BCUT2D eigenvalue weighted by Crippen LogP contribution is 2.41. The van der Waals surface area contributed by atoms with Gasteiger partial charge in [0, 0.05) is 16.8 Å². The molecule has 12 nitrogen and oxygen atoms in total. The third-order valence-corrected chi connectivity index (χ3v) is 10.5. The normalized spacial score (nSPS) is 12.2. The Morgan fingerprint density at radius 2 is 1.26 bits per heavy atom. The molecule has 2 amide bonds. The van der Waals surface area contributed by atoms with Crippen molar-refractivity contribution in [2.24, 2.45) is 0 Å². The van der Waals surface area contributed by atoms with Gasteiger partial charge in [-0.05, 0) is 83.8 Å². The van der Waals surface area contributed by atoms with Crippen LogP contribution in [0.25, 0.3) is 0 Å². The number of carbonyl (C=O) groups is 2. The molecule has 0 heterocycles. The van der Waals surface area contributed by atoms with Gasteiger partial charge in [0.15, 0.2) is 0 Å². The van der Waals surface area contributed by atoms with Crippen LogP contribution in [0.5, 0.6) is 11.5 Å². The van der Waals surface area contributed by atoms with Crippen LogP contribution in [-0.2, 0) is 31.1 Å². The summed E-state index contributed by atoms with van der Waals surface area (Å²) in [7, 11) is -9.92. The second-order valence-corrected chi connectivity index (χ2v) is 15.9. The van der Waals surface area contributed by atoms with Crippen molar-refractivity contribution in [3.05, 3.63) is 107 Å². The van der Waals surface area contributed by atoms with Crippen LogP contribution in [0.2, 0.25) is 0 Å². The standard InChI is InChI=1S/C36H41N3O9S2/c1-7-35(3,4)24-14-16-32(30(20-24)36(5,6)8-2)48-31-17-15-26(21-29(31)34(41)39-38-25-12-10-9-11-13-25)37-33(40)23-18-27(49(42,43)44)22-28(19-23)50(45,46)47/h9-22,38H,7-8H2,1-6H3,(H,37,40)(H,39,41)(H,42,43,44)(H,45,46,47). The third kappa shape index (κ3) is 9.07. The van der Waals surface area contributed by atoms with Gasteiger partial charge >= 0.3 is 0 Å². The van der Waals surface area contributed by atoms with Crippen molar-refractivity contribution in [3.8, 4) is 11.5 Å². The average Bonchev–Trinajstić information content (AvgIpc) is 3.07. The van der Waals surface area contributed by atoms with Crippen LogP contribution >= 0.6 is 0 Å². The summed E-state index contributed by atoms with van der Waals surface area (Å²) in [6, 6.07) is 21.2. The molecule has 0 fully saturated rings. The van der Waals surface area contributed by atoms with Gasteiger partial charge in [-0.1, -0.05) is 71.9 Å². The Morgan fingerprint density at radius 1 is 0.680 bits per heavy atom. The molecule has 0 saturated heterocycles. The molecule has 50 heavy (non-hydrogen) atoms. The molecule has 0 aromatic heterocycles. The number of amides is 2. The number of carbonyl (C=O) groups excluding carboxylic acids is 2. The molecule has 4 aromatic carbocycles. The first-order chi connectivity index (χ1) is 23.2. The van der Waals surface area contributed by atoms with E-state index in [0.29, 0.717) is 17.5 Å². The summed E-state index contributed by atoms with van der Waals surface area (Å²) in [6.07, 6.45) is 1.72. The van der Waals surface area contributed by atoms with E-state index in [9.17, 15) is 35.5 Å². The summed E-state index contributed by atoms with van der Waals surface area (Å²) < 4.78 is 72.6. The van der Waals surface area contributed by atoms with E-state index in [2.05, 4.69) is 63.8 Å². The zero-order valence-electron chi connectivity index (χ0n) is 28.6. The topological polar surface area (TPSA) is 188 Å². The Bertz CT molecular complexity index is 2080. The molecule has 0 saturated carbocycles. The number of hydrogen-bond donors (Lipinski definition) is 5. The van der Waals surface area contributed by atoms with E-state index in [-0.39, 0.29) is 27.8 Å². The summed E-state index contributed by atoms with van der Waals surface area (Å²) in [6.45, 7) is 12.8. The van der Waals surface area contributed by atoms with Crippen LogP contribution in [0.3, 0.4) is 0 Å². The molecule has 0 atom stereocenters. The van der Waals surface area contributed by atoms with Crippen LogP contribution in [0.1, 0.15) is 86.2 Å². The Balaban J connectivity index is 1.78. The molecule has 0 aliphatic rings. The van der Waals surface area contributed by atoms with Gasteiger partial charge in [-0.15, -0.1) is 0 Å². The van der Waals surface area contributed by atoms with Crippen molar-refractivity contribution in [3.63, 3.8) is 0 Å². The molecule has 0 unspecified atom stereocenters. The molecule has 0 aliphatic heterocycles. The van der Waals surface area contributed by atoms with Gasteiger partial charge in [0.05, 0.1) is 21.0 Å². The smallest absolute Gasteiger partial charge is 0.294 e. The number of anilines is 2.